The highest BCUT2D eigenvalue weighted by Gasteiger charge is 2.17. The number of Topliss-reactive ketones (excluding diaryl/α,β-unsaturated/α-hetero) is 1. The monoisotopic (exact) mass is 262 g/mol. The molecule has 0 bridgehead atoms. The molecule has 1 aliphatic rings. The highest BCUT2D eigenvalue weighted by molar-refractivity contribution is 5.97. The van der Waals surface area contributed by atoms with E-state index in [0.717, 1.165) is 37.8 Å². The van der Waals surface area contributed by atoms with Crippen LogP contribution in [0.3, 0.4) is 0 Å². The van der Waals surface area contributed by atoms with E-state index in [1.54, 1.807) is 19.0 Å². The van der Waals surface area contributed by atoms with E-state index in [0.29, 0.717) is 12.8 Å². The second-order valence-corrected chi connectivity index (χ2v) is 5.46. The normalized spacial score (nSPS) is 14.9. The third kappa shape index (κ3) is 3.46. The zero-order chi connectivity index (χ0) is 13.8. The number of carbonyl (C=O) groups excluding carboxylic acids is 2. The average molecular weight is 262 g/mol. The Kier molecular flexibility index (Phi) is 4.40. The summed E-state index contributed by atoms with van der Waals surface area (Å²) in [6.45, 7) is 0.805. The maximum absolute atomic E-state index is 11.9. The molecule has 1 heterocycles. The summed E-state index contributed by atoms with van der Waals surface area (Å²) in [7, 11) is 3.55. The molecule has 1 aromatic heterocycles. The van der Waals surface area contributed by atoms with E-state index >= 15 is 0 Å². The minimum absolute atomic E-state index is 0.157. The number of ketones is 1. The van der Waals surface area contributed by atoms with E-state index in [1.165, 1.54) is 5.56 Å². The lowest BCUT2D eigenvalue weighted by molar-refractivity contribution is -0.128. The molecular weight excluding hydrogens is 240 g/mol. The largest absolute Gasteiger partial charge is 0.353 e. The summed E-state index contributed by atoms with van der Waals surface area (Å²) in [6, 6.07) is 0. The zero-order valence-corrected chi connectivity index (χ0v) is 11.8. The van der Waals surface area contributed by atoms with Crippen LogP contribution < -0.4 is 0 Å². The number of rotatable bonds is 4. The van der Waals surface area contributed by atoms with Crippen LogP contribution in [0.5, 0.6) is 0 Å². The molecule has 0 aliphatic heterocycles. The fraction of sp³-hybridized carbons (Fsp3) is 0.600. The van der Waals surface area contributed by atoms with E-state index in [9.17, 15) is 9.59 Å². The number of carbonyl (C=O) groups is 2. The number of amides is 1. The van der Waals surface area contributed by atoms with E-state index < -0.39 is 0 Å². The van der Waals surface area contributed by atoms with E-state index in [1.807, 2.05) is 6.20 Å². The molecule has 4 heteroatoms. The van der Waals surface area contributed by atoms with Crippen molar-refractivity contribution in [3.8, 4) is 0 Å². The van der Waals surface area contributed by atoms with Crippen LogP contribution in [0.15, 0.2) is 12.4 Å². The van der Waals surface area contributed by atoms with Crippen molar-refractivity contribution in [3.63, 3.8) is 0 Å². The Hall–Kier alpha value is -1.58. The Labute approximate surface area is 114 Å². The Morgan fingerprint density at radius 1 is 1.26 bits per heavy atom. The summed E-state index contributed by atoms with van der Waals surface area (Å²) >= 11 is 0. The second kappa shape index (κ2) is 6.04. The Balaban J connectivity index is 1.94. The summed E-state index contributed by atoms with van der Waals surface area (Å²) in [4.78, 5) is 25.0. The number of hydrogen-bond donors (Lipinski definition) is 0. The first kappa shape index (κ1) is 13.8. The maximum atomic E-state index is 11.9. The minimum Gasteiger partial charge on any atom is -0.353 e. The number of hydrogen-bond acceptors (Lipinski definition) is 2. The van der Waals surface area contributed by atoms with Crippen molar-refractivity contribution in [1.29, 1.82) is 0 Å². The van der Waals surface area contributed by atoms with Gasteiger partial charge in [0.05, 0.1) is 0 Å². The molecule has 1 aliphatic carbocycles. The smallest absolute Gasteiger partial charge is 0.222 e. The van der Waals surface area contributed by atoms with E-state index in [-0.39, 0.29) is 11.7 Å². The van der Waals surface area contributed by atoms with Gasteiger partial charge in [-0.1, -0.05) is 0 Å². The molecule has 0 fully saturated rings. The van der Waals surface area contributed by atoms with Crippen molar-refractivity contribution in [3.05, 3.63) is 23.5 Å². The van der Waals surface area contributed by atoms with Gasteiger partial charge in [-0.25, -0.2) is 0 Å². The molecule has 0 spiro atoms. The molecule has 19 heavy (non-hydrogen) atoms. The lowest BCUT2D eigenvalue weighted by Gasteiger charge is -2.09. The predicted molar refractivity (Wildman–Crippen MR) is 74.2 cm³/mol. The highest BCUT2D eigenvalue weighted by Crippen LogP contribution is 2.21. The fourth-order valence-corrected chi connectivity index (χ4v) is 2.51. The third-order valence-electron chi connectivity index (χ3n) is 3.67. The Morgan fingerprint density at radius 3 is 2.74 bits per heavy atom. The molecular formula is C15H22N2O2. The summed E-state index contributed by atoms with van der Waals surface area (Å²) in [5, 5.41) is 0. The average Bonchev–Trinajstić information content (AvgIpc) is 2.70. The van der Waals surface area contributed by atoms with E-state index in [2.05, 4.69) is 10.8 Å². The molecule has 4 nitrogen and oxygen atoms in total. The van der Waals surface area contributed by atoms with Crippen molar-refractivity contribution in [2.75, 3.05) is 14.1 Å². The highest BCUT2D eigenvalue weighted by atomic mass is 16.2. The standard InChI is InChI=1S/C15H22N2O2/c1-16(2)15(19)8-5-9-17-10-12-6-3-4-7-14(18)13(12)11-17/h10-11H,3-9H2,1-2H3. The molecule has 0 saturated heterocycles. The van der Waals surface area contributed by atoms with Gasteiger partial charge in [0.2, 0.25) is 5.91 Å². The van der Waals surface area contributed by atoms with Crippen LogP contribution in [0.25, 0.3) is 0 Å². The first-order valence-corrected chi connectivity index (χ1v) is 7.00. The van der Waals surface area contributed by atoms with Gasteiger partial charge in [-0.3, -0.25) is 9.59 Å². The predicted octanol–water partition coefficient (Wildman–Crippen LogP) is 2.27. The third-order valence-corrected chi connectivity index (χ3v) is 3.67. The fourth-order valence-electron chi connectivity index (χ4n) is 2.51. The Bertz CT molecular complexity index is 474. The minimum atomic E-state index is 0.157. The van der Waals surface area contributed by atoms with E-state index in [4.69, 9.17) is 0 Å². The first-order chi connectivity index (χ1) is 9.08. The topological polar surface area (TPSA) is 42.3 Å². The molecule has 0 atom stereocenters. The van der Waals surface area contributed by atoms with Gasteiger partial charge in [-0.15, -0.1) is 0 Å². The van der Waals surface area contributed by atoms with Crippen LogP contribution in [0, 0.1) is 0 Å². The van der Waals surface area contributed by atoms with Gasteiger partial charge in [0.15, 0.2) is 5.78 Å². The van der Waals surface area contributed by atoms with Gasteiger partial charge in [-0.05, 0) is 31.2 Å². The molecule has 2 rings (SSSR count). The molecule has 0 saturated carbocycles. The van der Waals surface area contributed by atoms with Gasteiger partial charge in [-0.2, -0.15) is 0 Å². The summed E-state index contributed by atoms with van der Waals surface area (Å²) in [5.41, 5.74) is 2.08. The molecule has 0 unspecified atom stereocenters. The molecule has 0 N–H and O–H groups in total. The summed E-state index contributed by atoms with van der Waals surface area (Å²) in [6.07, 6.45) is 9.21. The van der Waals surface area contributed by atoms with Crippen molar-refractivity contribution >= 4 is 11.7 Å². The molecule has 1 aromatic rings. The van der Waals surface area contributed by atoms with Gasteiger partial charge >= 0.3 is 0 Å². The lowest BCUT2D eigenvalue weighted by atomic mass is 10.1. The maximum Gasteiger partial charge on any atom is 0.222 e. The van der Waals surface area contributed by atoms with Crippen LogP contribution >= 0.6 is 0 Å². The van der Waals surface area contributed by atoms with Crippen molar-refractivity contribution in [1.82, 2.24) is 9.47 Å². The number of aryl methyl sites for hydroxylation is 2. The number of nitrogens with zero attached hydrogens (tertiary/aromatic N) is 2. The second-order valence-electron chi connectivity index (χ2n) is 5.46. The van der Waals surface area contributed by atoms with Gasteiger partial charge in [0.25, 0.3) is 0 Å². The van der Waals surface area contributed by atoms with Crippen LogP contribution in [0.2, 0.25) is 0 Å². The number of fused-ring (bicyclic) bond motifs is 1. The summed E-state index contributed by atoms with van der Waals surface area (Å²) < 4.78 is 2.07. The molecule has 0 aromatic carbocycles. The number of aromatic nitrogens is 1. The summed E-state index contributed by atoms with van der Waals surface area (Å²) in [5.74, 6) is 0.431. The van der Waals surface area contributed by atoms with Crippen molar-refractivity contribution in [2.24, 2.45) is 0 Å². The lowest BCUT2D eigenvalue weighted by Crippen LogP contribution is -2.21. The van der Waals surface area contributed by atoms with Crippen molar-refractivity contribution < 1.29 is 9.59 Å². The van der Waals surface area contributed by atoms with Gasteiger partial charge in [0.1, 0.15) is 0 Å². The zero-order valence-electron chi connectivity index (χ0n) is 11.8. The van der Waals surface area contributed by atoms with Crippen LogP contribution in [0.4, 0.5) is 0 Å². The molecule has 104 valence electrons. The van der Waals surface area contributed by atoms with Crippen molar-refractivity contribution in [2.45, 2.75) is 45.1 Å². The Morgan fingerprint density at radius 2 is 2.00 bits per heavy atom. The first-order valence-electron chi connectivity index (χ1n) is 7.00. The molecule has 1 amide bonds. The molecule has 0 radical (unpaired) electrons. The van der Waals surface area contributed by atoms with Crippen LogP contribution in [-0.4, -0.2) is 35.3 Å². The van der Waals surface area contributed by atoms with Crippen LogP contribution in [-0.2, 0) is 17.8 Å². The quantitative estimate of drug-likeness (QED) is 0.781. The SMILES string of the molecule is CN(C)C(=O)CCCn1cc2c(c1)C(=O)CCCC2. The van der Waals surface area contributed by atoms with Gasteiger partial charge < -0.3 is 9.47 Å². The van der Waals surface area contributed by atoms with Crippen LogP contribution in [0.1, 0.15) is 48.0 Å². The van der Waals surface area contributed by atoms with Gasteiger partial charge in [0, 0.05) is 51.4 Å².